The molecule has 7 heteroatoms. The Labute approximate surface area is 193 Å². The quantitative estimate of drug-likeness (QED) is 0.323. The molecule has 0 amide bonds. The van der Waals surface area contributed by atoms with E-state index < -0.39 is 0 Å². The van der Waals surface area contributed by atoms with Gasteiger partial charge in [-0.15, -0.1) is 24.0 Å². The number of aromatic nitrogens is 2. The number of benzene rings is 1. The van der Waals surface area contributed by atoms with E-state index in [1.54, 1.807) is 0 Å². The second kappa shape index (κ2) is 12.0. The summed E-state index contributed by atoms with van der Waals surface area (Å²) in [6.45, 7) is 13.4. The molecule has 2 aromatic rings. The highest BCUT2D eigenvalue weighted by Gasteiger charge is 2.14. The molecule has 0 radical (unpaired) electrons. The van der Waals surface area contributed by atoms with Crippen LogP contribution >= 0.6 is 24.0 Å². The van der Waals surface area contributed by atoms with E-state index in [1.165, 1.54) is 22.5 Å². The molecule has 0 spiro atoms. The summed E-state index contributed by atoms with van der Waals surface area (Å²) in [5.41, 5.74) is 6.20. The highest BCUT2D eigenvalue weighted by atomic mass is 127. The summed E-state index contributed by atoms with van der Waals surface area (Å²) in [4.78, 5) is 6.76. The number of guanidine groups is 1. The maximum absolute atomic E-state index is 4.51. The first kappa shape index (κ1) is 25.3. The molecule has 162 valence electrons. The van der Waals surface area contributed by atoms with Crippen molar-refractivity contribution >= 4 is 35.6 Å². The van der Waals surface area contributed by atoms with Crippen molar-refractivity contribution in [2.45, 2.75) is 47.1 Å². The number of rotatable bonds is 8. The summed E-state index contributed by atoms with van der Waals surface area (Å²) in [7, 11) is 3.82. The van der Waals surface area contributed by atoms with Gasteiger partial charge in [-0.2, -0.15) is 5.10 Å². The number of likely N-dealkylation sites (N-methyl/N-ethyl adjacent to an activating group) is 1. The molecule has 0 saturated heterocycles. The van der Waals surface area contributed by atoms with Crippen LogP contribution in [-0.4, -0.2) is 48.5 Å². The van der Waals surface area contributed by atoms with Crippen molar-refractivity contribution in [2.24, 2.45) is 12.0 Å². The maximum Gasteiger partial charge on any atom is 0.191 e. The van der Waals surface area contributed by atoms with Gasteiger partial charge >= 0.3 is 0 Å². The van der Waals surface area contributed by atoms with Gasteiger partial charge in [0.1, 0.15) is 0 Å². The van der Waals surface area contributed by atoms with Crippen LogP contribution in [0.25, 0.3) is 0 Å². The summed E-state index contributed by atoms with van der Waals surface area (Å²) in [6.07, 6.45) is 0.927. The second-order valence-corrected chi connectivity index (χ2v) is 7.44. The van der Waals surface area contributed by atoms with Crippen molar-refractivity contribution < 1.29 is 0 Å². The van der Waals surface area contributed by atoms with E-state index in [4.69, 9.17) is 0 Å². The minimum Gasteiger partial charge on any atom is -0.370 e. The average Bonchev–Trinajstić information content (AvgIpc) is 2.90. The topological polar surface area (TPSA) is 57.5 Å². The minimum absolute atomic E-state index is 0. The van der Waals surface area contributed by atoms with Crippen molar-refractivity contribution in [3.05, 3.63) is 46.8 Å². The van der Waals surface area contributed by atoms with Gasteiger partial charge in [0.05, 0.1) is 5.69 Å². The Kier molecular flexibility index (Phi) is 10.5. The van der Waals surface area contributed by atoms with Crippen LogP contribution < -0.4 is 15.5 Å². The lowest BCUT2D eigenvalue weighted by Gasteiger charge is -2.25. The fraction of sp³-hybridized carbons (Fsp3) is 0.545. The number of aliphatic imine (C=N–C) groups is 1. The Hall–Kier alpha value is -1.77. The largest absolute Gasteiger partial charge is 0.370 e. The molecule has 1 atom stereocenters. The number of aryl methyl sites for hydroxylation is 3. The molecule has 2 rings (SSSR count). The molecule has 1 aromatic heterocycles. The predicted octanol–water partition coefficient (Wildman–Crippen LogP) is 3.59. The Balaban J connectivity index is 0.00000420. The van der Waals surface area contributed by atoms with E-state index in [2.05, 4.69) is 84.5 Å². The molecule has 0 aliphatic heterocycles. The lowest BCUT2D eigenvalue weighted by molar-refractivity contribution is 0.633. The third kappa shape index (κ3) is 7.21. The van der Waals surface area contributed by atoms with E-state index in [-0.39, 0.29) is 30.0 Å². The monoisotopic (exact) mass is 512 g/mol. The SMILES string of the molecule is CCN(CCNC(=NC)NC(C)Cc1c(C)nn(C)c1C)c1cccc(C)c1.I. The lowest BCUT2D eigenvalue weighted by atomic mass is 10.1. The summed E-state index contributed by atoms with van der Waals surface area (Å²) >= 11 is 0. The second-order valence-electron chi connectivity index (χ2n) is 7.44. The number of halogens is 1. The van der Waals surface area contributed by atoms with Crippen molar-refractivity contribution in [2.75, 3.05) is 31.6 Å². The Bertz CT molecular complexity index is 799. The van der Waals surface area contributed by atoms with Crippen LogP contribution in [0, 0.1) is 20.8 Å². The number of hydrogen-bond donors (Lipinski definition) is 2. The van der Waals surface area contributed by atoms with Gasteiger partial charge in [0.25, 0.3) is 0 Å². The molecule has 1 unspecified atom stereocenters. The molecule has 6 nitrogen and oxygen atoms in total. The normalized spacial score (nSPS) is 12.3. The first-order valence-corrected chi connectivity index (χ1v) is 10.1. The van der Waals surface area contributed by atoms with Gasteiger partial charge in [0.2, 0.25) is 0 Å². The van der Waals surface area contributed by atoms with E-state index >= 15 is 0 Å². The third-order valence-corrected chi connectivity index (χ3v) is 5.20. The third-order valence-electron chi connectivity index (χ3n) is 5.20. The van der Waals surface area contributed by atoms with Gasteiger partial charge in [-0.05, 0) is 64.3 Å². The zero-order chi connectivity index (χ0) is 20.7. The molecule has 0 fully saturated rings. The van der Waals surface area contributed by atoms with E-state index in [9.17, 15) is 0 Å². The smallest absolute Gasteiger partial charge is 0.191 e. The van der Waals surface area contributed by atoms with Crippen molar-refractivity contribution in [3.8, 4) is 0 Å². The van der Waals surface area contributed by atoms with Crippen LogP contribution in [0.15, 0.2) is 29.3 Å². The van der Waals surface area contributed by atoms with Gasteiger partial charge < -0.3 is 15.5 Å². The van der Waals surface area contributed by atoms with Crippen LogP contribution in [0.4, 0.5) is 5.69 Å². The molecule has 0 bridgehead atoms. The predicted molar refractivity (Wildman–Crippen MR) is 135 cm³/mol. The molecule has 1 heterocycles. The summed E-state index contributed by atoms with van der Waals surface area (Å²) in [5, 5.41) is 11.5. The minimum atomic E-state index is 0. The van der Waals surface area contributed by atoms with Crippen LogP contribution in [0.3, 0.4) is 0 Å². The van der Waals surface area contributed by atoms with E-state index in [0.29, 0.717) is 0 Å². The molecule has 0 aliphatic carbocycles. The summed E-state index contributed by atoms with van der Waals surface area (Å²) < 4.78 is 1.95. The van der Waals surface area contributed by atoms with Crippen LogP contribution in [0.5, 0.6) is 0 Å². The van der Waals surface area contributed by atoms with Crippen LogP contribution in [0.1, 0.15) is 36.4 Å². The highest BCUT2D eigenvalue weighted by Crippen LogP contribution is 2.15. The summed E-state index contributed by atoms with van der Waals surface area (Å²) in [5.74, 6) is 0.840. The number of hydrogen-bond acceptors (Lipinski definition) is 3. The van der Waals surface area contributed by atoms with Crippen LogP contribution in [0.2, 0.25) is 0 Å². The van der Waals surface area contributed by atoms with Gasteiger partial charge in [-0.3, -0.25) is 9.67 Å². The lowest BCUT2D eigenvalue weighted by Crippen LogP contribution is -2.45. The van der Waals surface area contributed by atoms with Gasteiger partial charge in [-0.1, -0.05) is 12.1 Å². The molecular weight excluding hydrogens is 475 g/mol. The first-order chi connectivity index (χ1) is 13.3. The highest BCUT2D eigenvalue weighted by molar-refractivity contribution is 14.0. The zero-order valence-electron chi connectivity index (χ0n) is 18.9. The van der Waals surface area contributed by atoms with E-state index in [1.807, 2.05) is 18.8 Å². The summed E-state index contributed by atoms with van der Waals surface area (Å²) in [6, 6.07) is 8.92. The molecule has 0 aliphatic rings. The molecular formula is C22H37IN6. The van der Waals surface area contributed by atoms with Crippen molar-refractivity contribution in [1.82, 2.24) is 20.4 Å². The van der Waals surface area contributed by atoms with Gasteiger partial charge in [0.15, 0.2) is 5.96 Å². The number of nitrogens with one attached hydrogen (secondary N) is 2. The zero-order valence-corrected chi connectivity index (χ0v) is 21.2. The first-order valence-electron chi connectivity index (χ1n) is 10.1. The Morgan fingerprint density at radius 1 is 1.28 bits per heavy atom. The number of nitrogens with zero attached hydrogens (tertiary/aromatic N) is 4. The van der Waals surface area contributed by atoms with Crippen LogP contribution in [-0.2, 0) is 13.5 Å². The Morgan fingerprint density at radius 3 is 2.55 bits per heavy atom. The van der Waals surface area contributed by atoms with Gasteiger partial charge in [0, 0.05) is 51.2 Å². The molecule has 2 N–H and O–H groups in total. The maximum atomic E-state index is 4.51. The molecule has 1 aromatic carbocycles. The van der Waals surface area contributed by atoms with Gasteiger partial charge in [-0.25, -0.2) is 0 Å². The van der Waals surface area contributed by atoms with Crippen molar-refractivity contribution in [3.63, 3.8) is 0 Å². The fourth-order valence-electron chi connectivity index (χ4n) is 3.50. The molecule has 0 saturated carbocycles. The molecule has 29 heavy (non-hydrogen) atoms. The standard InChI is InChI=1S/C22H36N6.HI/c1-8-28(20-11-9-10-16(2)14-20)13-12-24-22(23-6)25-17(3)15-21-18(4)26-27(7)19(21)5;/h9-11,14,17H,8,12-13,15H2,1-7H3,(H2,23,24,25);1H. The average molecular weight is 512 g/mol. The van der Waals surface area contributed by atoms with E-state index in [0.717, 1.165) is 37.7 Å². The van der Waals surface area contributed by atoms with Crippen molar-refractivity contribution in [1.29, 1.82) is 0 Å². The number of anilines is 1. The Morgan fingerprint density at radius 2 is 2.00 bits per heavy atom. The fourth-order valence-corrected chi connectivity index (χ4v) is 3.50.